The van der Waals surface area contributed by atoms with Gasteiger partial charge in [0, 0.05) is 6.42 Å². The first-order valence-electron chi connectivity index (χ1n) is 25.1. The maximum atomic E-state index is 13.0. The monoisotopic (exact) mass is 892 g/mol. The van der Waals surface area contributed by atoms with E-state index in [1.54, 1.807) is 0 Å². The number of rotatable bonds is 42. The van der Waals surface area contributed by atoms with Gasteiger partial charge in [0.25, 0.3) is 0 Å². The number of aliphatic hydroxyl groups is 6. The predicted octanol–water partition coefficient (Wildman–Crippen LogP) is 10.0. The van der Waals surface area contributed by atoms with Crippen LogP contribution in [0.25, 0.3) is 0 Å². The largest absolute Gasteiger partial charge is 0.472 e. The van der Waals surface area contributed by atoms with E-state index in [0.717, 1.165) is 44.9 Å². The van der Waals surface area contributed by atoms with Crippen LogP contribution in [0.1, 0.15) is 232 Å². The highest BCUT2D eigenvalue weighted by atomic mass is 31.2. The maximum Gasteiger partial charge on any atom is 0.472 e. The number of aliphatic hydroxyl groups excluding tert-OH is 6. The second-order valence-corrected chi connectivity index (χ2v) is 19.4. The Morgan fingerprint density at radius 1 is 0.541 bits per heavy atom. The zero-order valence-corrected chi connectivity index (χ0v) is 39.6. The zero-order chi connectivity index (χ0) is 45.0. The molecule has 0 aromatic heterocycles. The second kappa shape index (κ2) is 38.4. The number of amides is 1. The molecule has 1 amide bonds. The number of phosphoric acid groups is 1. The summed E-state index contributed by atoms with van der Waals surface area (Å²) in [5.74, 6) is -0.337. The molecule has 0 bridgehead atoms. The fourth-order valence-corrected chi connectivity index (χ4v) is 9.17. The molecule has 1 aliphatic carbocycles. The lowest BCUT2D eigenvalue weighted by molar-refractivity contribution is -0.220. The van der Waals surface area contributed by atoms with Gasteiger partial charge in [0.2, 0.25) is 5.91 Å². The smallest absolute Gasteiger partial charge is 0.387 e. The van der Waals surface area contributed by atoms with Crippen molar-refractivity contribution in [2.24, 2.45) is 0 Å². The van der Waals surface area contributed by atoms with Gasteiger partial charge in [0.05, 0.1) is 18.8 Å². The summed E-state index contributed by atoms with van der Waals surface area (Å²) in [5.41, 5.74) is 0. The highest BCUT2D eigenvalue weighted by Crippen LogP contribution is 2.47. The lowest BCUT2D eigenvalue weighted by Gasteiger charge is -2.41. The molecule has 0 aromatic carbocycles. The minimum atomic E-state index is -5.08. The van der Waals surface area contributed by atoms with E-state index in [1.165, 1.54) is 167 Å². The molecule has 1 rings (SSSR count). The van der Waals surface area contributed by atoms with Crippen LogP contribution in [-0.2, 0) is 18.4 Å². The molecule has 9 atom stereocenters. The first kappa shape index (κ1) is 58.1. The molecular formula is C48H94NO11P. The summed E-state index contributed by atoms with van der Waals surface area (Å²) in [6.45, 7) is 3.86. The van der Waals surface area contributed by atoms with E-state index in [0.29, 0.717) is 6.42 Å². The molecule has 1 aliphatic rings. The molecule has 1 saturated carbocycles. The normalized spacial score (nSPS) is 22.7. The van der Waals surface area contributed by atoms with Gasteiger partial charge in [-0.1, -0.05) is 219 Å². The van der Waals surface area contributed by atoms with Gasteiger partial charge in [-0.2, -0.15) is 0 Å². The van der Waals surface area contributed by atoms with Crippen LogP contribution >= 0.6 is 7.82 Å². The number of hydrogen-bond donors (Lipinski definition) is 8. The van der Waals surface area contributed by atoms with Gasteiger partial charge in [0.15, 0.2) is 0 Å². The molecule has 0 radical (unpaired) electrons. The van der Waals surface area contributed by atoms with E-state index in [4.69, 9.17) is 9.05 Å². The molecule has 362 valence electrons. The van der Waals surface area contributed by atoms with Crippen molar-refractivity contribution in [3.8, 4) is 0 Å². The van der Waals surface area contributed by atoms with Crippen LogP contribution in [-0.4, -0.2) is 96.8 Å². The van der Waals surface area contributed by atoms with Gasteiger partial charge in [-0.15, -0.1) is 0 Å². The molecule has 6 unspecified atom stereocenters. The van der Waals surface area contributed by atoms with Crippen LogP contribution < -0.4 is 5.32 Å². The third-order valence-electron chi connectivity index (χ3n) is 12.3. The molecular weight excluding hydrogens is 797 g/mol. The summed E-state index contributed by atoms with van der Waals surface area (Å²) >= 11 is 0. The molecule has 61 heavy (non-hydrogen) atoms. The molecule has 0 aromatic rings. The van der Waals surface area contributed by atoms with Gasteiger partial charge < -0.3 is 40.8 Å². The third-order valence-corrected chi connectivity index (χ3v) is 13.3. The van der Waals surface area contributed by atoms with Crippen LogP contribution in [0.3, 0.4) is 0 Å². The highest BCUT2D eigenvalue weighted by molar-refractivity contribution is 7.47. The Morgan fingerprint density at radius 2 is 0.869 bits per heavy atom. The molecule has 0 heterocycles. The zero-order valence-electron chi connectivity index (χ0n) is 38.7. The number of phosphoric ester groups is 1. The van der Waals surface area contributed by atoms with Crippen molar-refractivity contribution in [1.29, 1.82) is 0 Å². The molecule has 0 aliphatic heterocycles. The molecule has 0 spiro atoms. The van der Waals surface area contributed by atoms with Crippen molar-refractivity contribution in [3.05, 3.63) is 12.2 Å². The summed E-state index contributed by atoms with van der Waals surface area (Å²) in [7, 11) is -5.08. The van der Waals surface area contributed by atoms with Crippen molar-refractivity contribution >= 4 is 13.7 Å². The van der Waals surface area contributed by atoms with E-state index < -0.39 is 63.2 Å². The van der Waals surface area contributed by atoms with Crippen molar-refractivity contribution < 1.29 is 53.9 Å². The van der Waals surface area contributed by atoms with E-state index >= 15 is 0 Å². The Hall–Kier alpha value is -0.920. The summed E-state index contributed by atoms with van der Waals surface area (Å²) < 4.78 is 23.0. The molecule has 12 nitrogen and oxygen atoms in total. The van der Waals surface area contributed by atoms with E-state index in [-0.39, 0.29) is 12.3 Å². The average molecular weight is 892 g/mol. The van der Waals surface area contributed by atoms with Crippen LogP contribution in [0, 0.1) is 0 Å². The number of carbonyl (C=O) groups is 1. The summed E-state index contributed by atoms with van der Waals surface area (Å²) in [6, 6.07) is -1.11. The number of nitrogens with one attached hydrogen (secondary N) is 1. The van der Waals surface area contributed by atoms with Crippen molar-refractivity contribution in [2.45, 2.75) is 281 Å². The molecule has 13 heteroatoms. The van der Waals surface area contributed by atoms with E-state index in [1.807, 2.05) is 6.08 Å². The van der Waals surface area contributed by atoms with Gasteiger partial charge >= 0.3 is 7.82 Å². The fraction of sp³-hybridized carbons (Fsp3) is 0.938. The SMILES string of the molecule is CCCCCCCCCCCCCCC/C=C/[C@@H](O)[C@H](COP(=O)(O)OC1C(O)C(O)C(O)[C@@H](O)C1O)NC(=O)CCCCCCCCCCCCCCCCCCCCC. The second-order valence-electron chi connectivity index (χ2n) is 18.0. The van der Waals surface area contributed by atoms with Crippen molar-refractivity contribution in [1.82, 2.24) is 5.32 Å². The molecule has 8 N–H and O–H groups in total. The Kier molecular flexibility index (Phi) is 36.5. The molecule has 1 fully saturated rings. The van der Waals surface area contributed by atoms with Crippen LogP contribution in [0.4, 0.5) is 0 Å². The third kappa shape index (κ3) is 30.0. The van der Waals surface area contributed by atoms with Gasteiger partial charge in [-0.05, 0) is 19.3 Å². The number of hydrogen-bond acceptors (Lipinski definition) is 10. The minimum absolute atomic E-state index is 0.219. The first-order valence-corrected chi connectivity index (χ1v) is 26.6. The first-order chi connectivity index (χ1) is 29.4. The van der Waals surface area contributed by atoms with E-state index in [2.05, 4.69) is 19.2 Å². The summed E-state index contributed by atoms with van der Waals surface area (Å²) in [4.78, 5) is 23.4. The van der Waals surface area contributed by atoms with Crippen LogP contribution in [0.15, 0.2) is 12.2 Å². The number of unbranched alkanes of at least 4 members (excludes halogenated alkanes) is 31. The minimum Gasteiger partial charge on any atom is -0.387 e. The van der Waals surface area contributed by atoms with Crippen molar-refractivity contribution in [3.63, 3.8) is 0 Å². The average Bonchev–Trinajstić information content (AvgIpc) is 3.24. The van der Waals surface area contributed by atoms with Crippen LogP contribution in [0.2, 0.25) is 0 Å². The van der Waals surface area contributed by atoms with Gasteiger partial charge in [-0.25, -0.2) is 4.57 Å². The quantitative estimate of drug-likeness (QED) is 0.0164. The lowest BCUT2D eigenvalue weighted by Crippen LogP contribution is -2.64. The topological polar surface area (TPSA) is 206 Å². The maximum absolute atomic E-state index is 13.0. The molecule has 0 saturated heterocycles. The standard InChI is InChI=1S/C48H94NO11P/c1-3-5-7-9-11-13-15-17-19-20-21-22-24-26-28-30-32-34-36-38-42(51)49-40(39-59-61(57,58)60-48-46(55)44(53)43(52)45(54)47(48)56)41(50)37-35-33-31-29-27-25-23-18-16-14-12-10-8-6-4-2/h35,37,40-41,43-48,50,52-56H,3-34,36,38-39H2,1-2H3,(H,49,51)(H,57,58)/b37-35+/t40-,41+,43?,44+,45?,46?,47?,48?/m0/s1. The van der Waals surface area contributed by atoms with Crippen molar-refractivity contribution in [2.75, 3.05) is 6.61 Å². The predicted molar refractivity (Wildman–Crippen MR) is 246 cm³/mol. The number of allylic oxidation sites excluding steroid dienone is 1. The van der Waals surface area contributed by atoms with Gasteiger partial charge in [0.1, 0.15) is 36.6 Å². The van der Waals surface area contributed by atoms with Gasteiger partial charge in [-0.3, -0.25) is 13.8 Å². The van der Waals surface area contributed by atoms with E-state index in [9.17, 15) is 44.9 Å². The van der Waals surface area contributed by atoms with Crippen LogP contribution in [0.5, 0.6) is 0 Å². The Morgan fingerprint density at radius 3 is 1.25 bits per heavy atom. The summed E-state index contributed by atoms with van der Waals surface area (Å²) in [5, 5.41) is 64.1. The Balaban J connectivity index is 2.43. The number of carbonyl (C=O) groups excluding carboxylic acids is 1. The summed E-state index contributed by atoms with van der Waals surface area (Å²) in [6.07, 6.45) is 31.3. The Labute approximate surface area is 371 Å². The Bertz CT molecular complexity index is 1080. The lowest BCUT2D eigenvalue weighted by atomic mass is 9.85. The highest BCUT2D eigenvalue weighted by Gasteiger charge is 2.51. The fourth-order valence-electron chi connectivity index (χ4n) is 8.20.